The lowest BCUT2D eigenvalue weighted by Gasteiger charge is -2.08. The van der Waals surface area contributed by atoms with Crippen LogP contribution in [0.3, 0.4) is 0 Å². The minimum Gasteiger partial charge on any atom is -0.327 e. The second kappa shape index (κ2) is 5.97. The minimum absolute atomic E-state index is 0.136. The van der Waals surface area contributed by atoms with Gasteiger partial charge in [-0.25, -0.2) is 15.0 Å². The van der Waals surface area contributed by atoms with Crippen LogP contribution in [0.1, 0.15) is 19.0 Å². The van der Waals surface area contributed by atoms with Crippen LogP contribution in [0.5, 0.6) is 0 Å². The van der Waals surface area contributed by atoms with Crippen molar-refractivity contribution in [1.82, 2.24) is 15.0 Å². The standard InChI is InChI=1S/C17H18N4/c1-2-13(18)11-14-9-10-19-17(20-14)16-8-7-12-5-3-4-6-15(12)21-16/h3-10,13H,2,11,18H2,1H3. The van der Waals surface area contributed by atoms with Crippen molar-refractivity contribution in [2.24, 2.45) is 5.73 Å². The molecule has 0 radical (unpaired) electrons. The van der Waals surface area contributed by atoms with E-state index in [1.807, 2.05) is 42.5 Å². The van der Waals surface area contributed by atoms with Gasteiger partial charge in [0.15, 0.2) is 5.82 Å². The summed E-state index contributed by atoms with van der Waals surface area (Å²) in [6.07, 6.45) is 3.48. The monoisotopic (exact) mass is 278 g/mol. The zero-order valence-corrected chi connectivity index (χ0v) is 12.0. The number of hydrogen-bond acceptors (Lipinski definition) is 4. The van der Waals surface area contributed by atoms with Gasteiger partial charge in [0.2, 0.25) is 0 Å². The number of fused-ring (bicyclic) bond motifs is 1. The molecule has 1 aromatic carbocycles. The summed E-state index contributed by atoms with van der Waals surface area (Å²) in [7, 11) is 0. The molecule has 2 heterocycles. The van der Waals surface area contributed by atoms with E-state index >= 15 is 0 Å². The van der Waals surface area contributed by atoms with Crippen molar-refractivity contribution in [2.45, 2.75) is 25.8 Å². The maximum Gasteiger partial charge on any atom is 0.178 e. The van der Waals surface area contributed by atoms with E-state index in [-0.39, 0.29) is 6.04 Å². The van der Waals surface area contributed by atoms with E-state index in [2.05, 4.69) is 21.9 Å². The summed E-state index contributed by atoms with van der Waals surface area (Å²) in [5, 5.41) is 1.12. The number of hydrogen-bond donors (Lipinski definition) is 1. The molecule has 1 unspecified atom stereocenters. The minimum atomic E-state index is 0.136. The Labute approximate surface area is 124 Å². The maximum absolute atomic E-state index is 5.99. The number of pyridine rings is 1. The number of aromatic nitrogens is 3. The third kappa shape index (κ3) is 3.06. The SMILES string of the molecule is CCC(N)Cc1ccnc(-c2ccc3ccccc3n2)n1. The molecular formula is C17H18N4. The first kappa shape index (κ1) is 13.6. The van der Waals surface area contributed by atoms with E-state index in [1.54, 1.807) is 6.20 Å². The van der Waals surface area contributed by atoms with Crippen molar-refractivity contribution in [3.63, 3.8) is 0 Å². The number of nitrogens with two attached hydrogens (primary N) is 1. The lowest BCUT2D eigenvalue weighted by molar-refractivity contribution is 0.636. The first-order valence-corrected chi connectivity index (χ1v) is 7.20. The van der Waals surface area contributed by atoms with Crippen LogP contribution < -0.4 is 5.73 Å². The van der Waals surface area contributed by atoms with Gasteiger partial charge >= 0.3 is 0 Å². The Hall–Kier alpha value is -2.33. The van der Waals surface area contributed by atoms with Crippen molar-refractivity contribution < 1.29 is 0 Å². The van der Waals surface area contributed by atoms with Gasteiger partial charge in [-0.1, -0.05) is 31.2 Å². The highest BCUT2D eigenvalue weighted by Gasteiger charge is 2.07. The molecule has 1 atom stereocenters. The molecule has 3 rings (SSSR count). The Morgan fingerprint density at radius 1 is 1.05 bits per heavy atom. The summed E-state index contributed by atoms with van der Waals surface area (Å²) < 4.78 is 0. The molecule has 0 aliphatic carbocycles. The molecule has 106 valence electrons. The molecule has 4 heteroatoms. The second-order valence-electron chi connectivity index (χ2n) is 5.13. The highest BCUT2D eigenvalue weighted by Crippen LogP contribution is 2.18. The molecule has 0 saturated carbocycles. The van der Waals surface area contributed by atoms with E-state index < -0.39 is 0 Å². The average Bonchev–Trinajstić information content (AvgIpc) is 2.54. The van der Waals surface area contributed by atoms with E-state index in [9.17, 15) is 0 Å². The highest BCUT2D eigenvalue weighted by molar-refractivity contribution is 5.80. The van der Waals surface area contributed by atoms with E-state index in [0.29, 0.717) is 5.82 Å². The predicted molar refractivity (Wildman–Crippen MR) is 84.7 cm³/mol. The number of nitrogens with zero attached hydrogens (tertiary/aromatic N) is 3. The van der Waals surface area contributed by atoms with E-state index in [0.717, 1.165) is 35.1 Å². The summed E-state index contributed by atoms with van der Waals surface area (Å²) in [4.78, 5) is 13.5. The third-order valence-corrected chi connectivity index (χ3v) is 3.54. The van der Waals surface area contributed by atoms with Crippen LogP contribution in [0, 0.1) is 0 Å². The van der Waals surface area contributed by atoms with Gasteiger partial charge in [0.25, 0.3) is 0 Å². The van der Waals surface area contributed by atoms with E-state index in [1.165, 1.54) is 0 Å². The summed E-state index contributed by atoms with van der Waals surface area (Å²) in [5.41, 5.74) is 8.70. The predicted octanol–water partition coefficient (Wildman–Crippen LogP) is 2.97. The molecule has 3 aromatic rings. The number of para-hydroxylation sites is 1. The summed E-state index contributed by atoms with van der Waals surface area (Å²) in [5.74, 6) is 0.654. The van der Waals surface area contributed by atoms with Gasteiger partial charge in [0.05, 0.1) is 5.52 Å². The lowest BCUT2D eigenvalue weighted by atomic mass is 10.1. The molecule has 2 aromatic heterocycles. The zero-order valence-electron chi connectivity index (χ0n) is 12.0. The topological polar surface area (TPSA) is 64.7 Å². The van der Waals surface area contributed by atoms with Gasteiger partial charge in [0.1, 0.15) is 5.69 Å². The maximum atomic E-state index is 5.99. The Balaban J connectivity index is 1.96. The average molecular weight is 278 g/mol. The van der Waals surface area contributed by atoms with Crippen LogP contribution in [-0.4, -0.2) is 21.0 Å². The summed E-state index contributed by atoms with van der Waals surface area (Å²) in [6.45, 7) is 2.08. The molecule has 0 fully saturated rings. The van der Waals surface area contributed by atoms with Gasteiger partial charge in [-0.2, -0.15) is 0 Å². The Kier molecular flexibility index (Phi) is 3.88. The molecule has 21 heavy (non-hydrogen) atoms. The highest BCUT2D eigenvalue weighted by atomic mass is 14.9. The number of benzene rings is 1. The third-order valence-electron chi connectivity index (χ3n) is 3.54. The van der Waals surface area contributed by atoms with Crippen LogP contribution in [0.4, 0.5) is 0 Å². The largest absolute Gasteiger partial charge is 0.327 e. The molecule has 0 spiro atoms. The fourth-order valence-corrected chi connectivity index (χ4v) is 2.24. The first-order valence-electron chi connectivity index (χ1n) is 7.20. The van der Waals surface area contributed by atoms with Crippen molar-refractivity contribution in [1.29, 1.82) is 0 Å². The Morgan fingerprint density at radius 3 is 2.76 bits per heavy atom. The van der Waals surface area contributed by atoms with Gasteiger partial charge in [-0.15, -0.1) is 0 Å². The van der Waals surface area contributed by atoms with Gasteiger partial charge in [0, 0.05) is 29.7 Å². The van der Waals surface area contributed by atoms with Gasteiger partial charge in [-0.05, 0) is 24.6 Å². The summed E-state index contributed by atoms with van der Waals surface area (Å²) >= 11 is 0. The van der Waals surface area contributed by atoms with Crippen molar-refractivity contribution in [3.05, 3.63) is 54.4 Å². The van der Waals surface area contributed by atoms with Gasteiger partial charge < -0.3 is 5.73 Å². The number of rotatable bonds is 4. The molecule has 4 nitrogen and oxygen atoms in total. The van der Waals surface area contributed by atoms with Crippen LogP contribution in [0.15, 0.2) is 48.7 Å². The second-order valence-corrected chi connectivity index (χ2v) is 5.13. The molecule has 0 aliphatic rings. The van der Waals surface area contributed by atoms with Crippen molar-refractivity contribution in [2.75, 3.05) is 0 Å². The molecule has 2 N–H and O–H groups in total. The van der Waals surface area contributed by atoms with Crippen LogP contribution in [0.25, 0.3) is 22.4 Å². The van der Waals surface area contributed by atoms with Crippen LogP contribution in [0.2, 0.25) is 0 Å². The Morgan fingerprint density at radius 2 is 1.90 bits per heavy atom. The lowest BCUT2D eigenvalue weighted by Crippen LogP contribution is -2.22. The molecule has 0 bridgehead atoms. The molecule has 0 saturated heterocycles. The smallest absolute Gasteiger partial charge is 0.178 e. The van der Waals surface area contributed by atoms with Crippen LogP contribution >= 0.6 is 0 Å². The molecule has 0 amide bonds. The quantitative estimate of drug-likeness (QED) is 0.797. The normalized spacial score (nSPS) is 12.5. The van der Waals surface area contributed by atoms with Crippen molar-refractivity contribution in [3.8, 4) is 11.5 Å². The van der Waals surface area contributed by atoms with Crippen molar-refractivity contribution >= 4 is 10.9 Å². The van der Waals surface area contributed by atoms with Gasteiger partial charge in [-0.3, -0.25) is 0 Å². The summed E-state index contributed by atoms with van der Waals surface area (Å²) in [6, 6.07) is 14.1. The fraction of sp³-hybridized carbons (Fsp3) is 0.235. The fourth-order valence-electron chi connectivity index (χ4n) is 2.24. The molecular weight excluding hydrogens is 260 g/mol. The zero-order chi connectivity index (χ0) is 14.7. The molecule has 0 aliphatic heterocycles. The first-order chi connectivity index (χ1) is 10.3. The Bertz CT molecular complexity index is 754. The van der Waals surface area contributed by atoms with Crippen LogP contribution in [-0.2, 0) is 6.42 Å². The van der Waals surface area contributed by atoms with E-state index in [4.69, 9.17) is 5.73 Å².